The molecule has 4 aromatic carbocycles. The molecule has 5 rings (SSSR count). The molecular formula is C42H51NO7S2. The second-order valence-corrected chi connectivity index (χ2v) is 15.4. The average Bonchev–Trinajstić information content (AvgIpc) is 3.14. The number of piperidine rings is 1. The van der Waals surface area contributed by atoms with Crippen LogP contribution in [0.1, 0.15) is 55.4 Å². The molecule has 4 aromatic rings. The summed E-state index contributed by atoms with van der Waals surface area (Å²) in [7, 11) is 0. The minimum atomic E-state index is -0.754. The van der Waals surface area contributed by atoms with Gasteiger partial charge in [-0.05, 0) is 91.9 Å². The molecule has 10 heteroatoms. The molecule has 1 heterocycles. The summed E-state index contributed by atoms with van der Waals surface area (Å²) in [6, 6.07) is 35.1. The molecule has 0 unspecified atom stereocenters. The standard InChI is InChI=1S/C42H51NO7S2/c1-42(2,3)49-41(44)50-43-26-38(47-29-32-12-20-36(51-4)21-13-32)40(39(27-43)48-30-33-14-22-37(52-5)23-15-33)34-16-18-35(19-17-34)46-25-9-24-45-28-31-10-7-6-8-11-31/h6-8,10-23,38-40H,9,24-30H2,1-5H3/t38-,39+,40-. The first kappa shape index (κ1) is 39.7. The maximum atomic E-state index is 12.8. The first-order valence-corrected chi connectivity index (χ1v) is 20.1. The van der Waals surface area contributed by atoms with Crippen molar-refractivity contribution in [2.45, 2.75) is 80.5 Å². The van der Waals surface area contributed by atoms with Gasteiger partial charge in [-0.25, -0.2) is 4.79 Å². The second kappa shape index (κ2) is 20.1. The Balaban J connectivity index is 1.31. The van der Waals surface area contributed by atoms with Gasteiger partial charge in [0.05, 0.1) is 58.3 Å². The van der Waals surface area contributed by atoms with Crippen LogP contribution in [-0.4, -0.2) is 67.8 Å². The van der Waals surface area contributed by atoms with Crippen molar-refractivity contribution >= 4 is 29.7 Å². The Morgan fingerprint density at radius 1 is 0.692 bits per heavy atom. The summed E-state index contributed by atoms with van der Waals surface area (Å²) in [5.41, 5.74) is 3.65. The topological polar surface area (TPSA) is 75.7 Å². The Kier molecular flexibility index (Phi) is 15.3. The molecule has 0 N–H and O–H groups in total. The SMILES string of the molecule is CSc1ccc(CO[C@H]2CN(OC(=O)OC(C)(C)C)C[C@@H](OCc3ccc(SC)cc3)[C@H]2c2ccc(OCCCOCc3ccccc3)cc2)cc1. The first-order chi connectivity index (χ1) is 25.2. The molecule has 1 fully saturated rings. The number of nitrogens with zero attached hydrogens (tertiary/aromatic N) is 1. The van der Waals surface area contributed by atoms with E-state index in [1.807, 2.05) is 51.1 Å². The molecule has 0 saturated carbocycles. The third kappa shape index (κ3) is 12.9. The lowest BCUT2D eigenvalue weighted by Gasteiger charge is -2.42. The van der Waals surface area contributed by atoms with Gasteiger partial charge >= 0.3 is 6.16 Å². The van der Waals surface area contributed by atoms with Crippen LogP contribution < -0.4 is 4.74 Å². The number of hydrogen-bond acceptors (Lipinski definition) is 10. The number of carbonyl (C=O) groups is 1. The number of rotatable bonds is 17. The van der Waals surface area contributed by atoms with Crippen molar-refractivity contribution in [2.75, 3.05) is 38.8 Å². The lowest BCUT2D eigenvalue weighted by Crippen LogP contribution is -2.53. The fourth-order valence-corrected chi connectivity index (χ4v) is 6.70. The molecule has 0 spiro atoms. The van der Waals surface area contributed by atoms with Gasteiger partial charge in [0, 0.05) is 22.1 Å². The number of hydroxylamine groups is 2. The lowest BCUT2D eigenvalue weighted by atomic mass is 9.85. The maximum Gasteiger partial charge on any atom is 0.528 e. The summed E-state index contributed by atoms with van der Waals surface area (Å²) in [6.45, 7) is 8.69. The highest BCUT2D eigenvalue weighted by Crippen LogP contribution is 2.35. The summed E-state index contributed by atoms with van der Waals surface area (Å²) < 4.78 is 30.8. The van der Waals surface area contributed by atoms with Crippen molar-refractivity contribution in [1.29, 1.82) is 0 Å². The van der Waals surface area contributed by atoms with Crippen LogP contribution in [0.3, 0.4) is 0 Å². The Morgan fingerprint density at radius 3 is 1.75 bits per heavy atom. The molecule has 52 heavy (non-hydrogen) atoms. The third-order valence-corrected chi connectivity index (χ3v) is 9.97. The summed E-state index contributed by atoms with van der Waals surface area (Å²) in [5.74, 6) is 0.630. The quantitative estimate of drug-likeness (QED) is 0.0593. The number of carbonyl (C=O) groups excluding carboxylic acids is 1. The number of thioether (sulfide) groups is 2. The van der Waals surface area contributed by atoms with E-state index in [0.29, 0.717) is 46.1 Å². The van der Waals surface area contributed by atoms with Crippen molar-refractivity contribution in [2.24, 2.45) is 0 Å². The molecular weight excluding hydrogens is 695 g/mol. The van der Waals surface area contributed by atoms with Crippen LogP contribution in [0.4, 0.5) is 4.79 Å². The molecule has 1 aliphatic rings. The van der Waals surface area contributed by atoms with Crippen molar-refractivity contribution < 1.29 is 33.3 Å². The van der Waals surface area contributed by atoms with E-state index in [2.05, 4.69) is 85.3 Å². The largest absolute Gasteiger partial charge is 0.528 e. The van der Waals surface area contributed by atoms with E-state index in [0.717, 1.165) is 34.4 Å². The van der Waals surface area contributed by atoms with Gasteiger partial charge in [0.15, 0.2) is 0 Å². The van der Waals surface area contributed by atoms with E-state index in [4.69, 9.17) is 28.5 Å². The van der Waals surface area contributed by atoms with Gasteiger partial charge in [0.25, 0.3) is 0 Å². The summed E-state index contributed by atoms with van der Waals surface area (Å²) in [4.78, 5) is 21.0. The zero-order valence-electron chi connectivity index (χ0n) is 30.8. The van der Waals surface area contributed by atoms with Gasteiger partial charge in [0.1, 0.15) is 11.4 Å². The maximum absolute atomic E-state index is 12.8. The minimum absolute atomic E-state index is 0.158. The molecule has 0 amide bonds. The van der Waals surface area contributed by atoms with Gasteiger partial charge in [-0.3, -0.25) is 0 Å². The molecule has 0 aliphatic carbocycles. The first-order valence-electron chi connectivity index (χ1n) is 17.7. The molecule has 8 nitrogen and oxygen atoms in total. The number of ether oxygens (including phenoxy) is 5. The molecule has 0 radical (unpaired) electrons. The minimum Gasteiger partial charge on any atom is -0.494 e. The predicted octanol–water partition coefficient (Wildman–Crippen LogP) is 9.55. The van der Waals surface area contributed by atoms with Crippen LogP contribution in [0, 0.1) is 0 Å². The highest BCUT2D eigenvalue weighted by Gasteiger charge is 2.41. The molecule has 0 bridgehead atoms. The number of benzene rings is 4. The highest BCUT2D eigenvalue weighted by molar-refractivity contribution is 7.98. The Hall–Kier alpha value is -3.51. The zero-order valence-corrected chi connectivity index (χ0v) is 32.5. The zero-order chi connectivity index (χ0) is 36.8. The van der Waals surface area contributed by atoms with Crippen molar-refractivity contribution in [3.05, 3.63) is 125 Å². The van der Waals surface area contributed by atoms with E-state index in [-0.39, 0.29) is 18.1 Å². The Morgan fingerprint density at radius 2 is 1.23 bits per heavy atom. The summed E-state index contributed by atoms with van der Waals surface area (Å²) >= 11 is 3.41. The van der Waals surface area contributed by atoms with Crippen LogP contribution in [0.15, 0.2) is 113 Å². The van der Waals surface area contributed by atoms with E-state index >= 15 is 0 Å². The van der Waals surface area contributed by atoms with E-state index in [1.54, 1.807) is 28.6 Å². The summed E-state index contributed by atoms with van der Waals surface area (Å²) in [6.07, 6.45) is 3.42. The van der Waals surface area contributed by atoms with Crippen molar-refractivity contribution in [3.63, 3.8) is 0 Å². The van der Waals surface area contributed by atoms with Crippen LogP contribution in [0.5, 0.6) is 5.75 Å². The molecule has 1 saturated heterocycles. The predicted molar refractivity (Wildman–Crippen MR) is 208 cm³/mol. The smallest absolute Gasteiger partial charge is 0.494 e. The van der Waals surface area contributed by atoms with Crippen LogP contribution in [0.2, 0.25) is 0 Å². The lowest BCUT2D eigenvalue weighted by molar-refractivity contribution is -0.209. The molecule has 3 atom stereocenters. The van der Waals surface area contributed by atoms with E-state index in [1.165, 1.54) is 9.79 Å². The monoisotopic (exact) mass is 745 g/mol. The van der Waals surface area contributed by atoms with Crippen LogP contribution in [0.25, 0.3) is 0 Å². The van der Waals surface area contributed by atoms with Gasteiger partial charge in [-0.15, -0.1) is 28.6 Å². The van der Waals surface area contributed by atoms with Gasteiger partial charge < -0.3 is 28.5 Å². The average molecular weight is 746 g/mol. The Labute approximate surface area is 317 Å². The van der Waals surface area contributed by atoms with Crippen molar-refractivity contribution in [1.82, 2.24) is 5.06 Å². The summed E-state index contributed by atoms with van der Waals surface area (Å²) in [5, 5.41) is 1.62. The second-order valence-electron chi connectivity index (χ2n) is 13.6. The van der Waals surface area contributed by atoms with Crippen LogP contribution in [-0.2, 0) is 43.6 Å². The Bertz CT molecular complexity index is 1570. The van der Waals surface area contributed by atoms with Gasteiger partial charge in [-0.1, -0.05) is 66.7 Å². The van der Waals surface area contributed by atoms with Gasteiger partial charge in [0.2, 0.25) is 0 Å². The van der Waals surface area contributed by atoms with Gasteiger partial charge in [-0.2, -0.15) is 0 Å². The molecule has 1 aliphatic heterocycles. The van der Waals surface area contributed by atoms with E-state index < -0.39 is 11.8 Å². The fraction of sp³-hybridized carbons (Fsp3) is 0.405. The van der Waals surface area contributed by atoms with Crippen LogP contribution >= 0.6 is 23.5 Å². The van der Waals surface area contributed by atoms with E-state index in [9.17, 15) is 4.79 Å². The fourth-order valence-electron chi connectivity index (χ4n) is 5.88. The highest BCUT2D eigenvalue weighted by atomic mass is 32.2. The van der Waals surface area contributed by atoms with Crippen molar-refractivity contribution in [3.8, 4) is 5.75 Å². The number of hydrogen-bond donors (Lipinski definition) is 0. The molecule has 278 valence electrons. The third-order valence-electron chi connectivity index (χ3n) is 8.49. The molecule has 0 aromatic heterocycles. The normalized spacial score (nSPS) is 17.8.